The van der Waals surface area contributed by atoms with Crippen molar-refractivity contribution in [3.05, 3.63) is 60.2 Å². The van der Waals surface area contributed by atoms with Crippen LogP contribution < -0.4 is 14.8 Å². The highest BCUT2D eigenvalue weighted by atomic mass is 19.1. The fraction of sp³-hybridized carbons (Fsp3) is 0.174. The van der Waals surface area contributed by atoms with Gasteiger partial charge >= 0.3 is 0 Å². The van der Waals surface area contributed by atoms with E-state index in [9.17, 15) is 14.8 Å². The van der Waals surface area contributed by atoms with Gasteiger partial charge in [0, 0.05) is 30.2 Å². The summed E-state index contributed by atoms with van der Waals surface area (Å²) in [7, 11) is 2.94. The number of ether oxygens (including phenoxy) is 2. The minimum absolute atomic E-state index is 0.0403. The number of nitrogens with zero attached hydrogens (tertiary/aromatic N) is 4. The lowest BCUT2D eigenvalue weighted by atomic mass is 10.1. The number of hydrogen-bond acceptors (Lipinski definition) is 7. The highest BCUT2D eigenvalue weighted by Crippen LogP contribution is 2.34. The summed E-state index contributed by atoms with van der Waals surface area (Å²) in [6.45, 7) is 0.641. The number of phenols is 1. The molecule has 2 aromatic heterocycles. The number of aromatic nitrogens is 3. The maximum Gasteiger partial charge on any atom is 0.223 e. The number of para-hydroxylation sites is 1. The second kappa shape index (κ2) is 8.81. The molecule has 0 saturated carbocycles. The summed E-state index contributed by atoms with van der Waals surface area (Å²) in [5.41, 5.74) is 1.95. The van der Waals surface area contributed by atoms with Gasteiger partial charge in [-0.25, -0.2) is 14.4 Å². The Morgan fingerprint density at radius 3 is 2.78 bits per heavy atom. The highest BCUT2D eigenvalue weighted by molar-refractivity contribution is 5.90. The second-order valence-corrected chi connectivity index (χ2v) is 6.86. The number of fused-ring (bicyclic) bond motifs is 1. The van der Waals surface area contributed by atoms with Gasteiger partial charge < -0.3 is 24.5 Å². The Hall–Kier alpha value is -4.32. The van der Waals surface area contributed by atoms with Gasteiger partial charge in [0.2, 0.25) is 5.95 Å². The number of benzene rings is 2. The fourth-order valence-corrected chi connectivity index (χ4v) is 3.60. The molecule has 8 nitrogen and oxygen atoms in total. The van der Waals surface area contributed by atoms with Gasteiger partial charge in [-0.3, -0.25) is 0 Å². The Balaban J connectivity index is 1.57. The number of rotatable bonds is 7. The van der Waals surface area contributed by atoms with Crippen molar-refractivity contribution >= 4 is 16.9 Å². The van der Waals surface area contributed by atoms with Crippen LogP contribution in [0.1, 0.15) is 5.69 Å². The van der Waals surface area contributed by atoms with E-state index in [0.29, 0.717) is 47.1 Å². The first-order valence-electron chi connectivity index (χ1n) is 9.76. The van der Waals surface area contributed by atoms with Crippen LogP contribution >= 0.6 is 0 Å². The van der Waals surface area contributed by atoms with Crippen molar-refractivity contribution < 1.29 is 19.0 Å². The molecule has 4 aromatic rings. The van der Waals surface area contributed by atoms with Crippen molar-refractivity contribution in [1.29, 1.82) is 5.26 Å². The number of methoxy groups -OCH3 is 2. The lowest BCUT2D eigenvalue weighted by Gasteiger charge is -2.10. The van der Waals surface area contributed by atoms with Crippen molar-refractivity contribution in [2.75, 3.05) is 26.1 Å². The van der Waals surface area contributed by atoms with Gasteiger partial charge in [0.25, 0.3) is 0 Å². The summed E-state index contributed by atoms with van der Waals surface area (Å²) in [4.78, 5) is 8.71. The van der Waals surface area contributed by atoms with Gasteiger partial charge in [-0.05, 0) is 36.4 Å². The molecule has 0 fully saturated rings. The Morgan fingerprint density at radius 1 is 1.19 bits per heavy atom. The predicted octanol–water partition coefficient (Wildman–Crippen LogP) is 3.94. The van der Waals surface area contributed by atoms with Crippen molar-refractivity contribution in [2.45, 2.75) is 6.54 Å². The van der Waals surface area contributed by atoms with E-state index in [1.165, 1.54) is 26.4 Å². The molecule has 0 unspecified atom stereocenters. The third-order valence-electron chi connectivity index (χ3n) is 5.05. The highest BCUT2D eigenvalue weighted by Gasteiger charge is 2.20. The molecule has 9 heteroatoms. The standard InChI is InChI=1S/C23H20FN5O3/c1-31-20-12-14(6-7-19(20)30)17-8-9-26-23(28-17)27-10-11-29-18(13-25)22(32-2)15-4-3-5-16(24)21(15)29/h3-9,12,30H,10-11H2,1-2H3,(H,26,27,28). The summed E-state index contributed by atoms with van der Waals surface area (Å²) >= 11 is 0. The van der Waals surface area contributed by atoms with Crippen LogP contribution in [-0.4, -0.2) is 40.4 Å². The quantitative estimate of drug-likeness (QED) is 0.455. The largest absolute Gasteiger partial charge is 0.504 e. The Morgan fingerprint density at radius 2 is 2.03 bits per heavy atom. The molecule has 2 heterocycles. The molecule has 0 bridgehead atoms. The molecule has 2 aromatic carbocycles. The molecular weight excluding hydrogens is 413 g/mol. The monoisotopic (exact) mass is 433 g/mol. The fourth-order valence-electron chi connectivity index (χ4n) is 3.60. The van der Waals surface area contributed by atoms with Crippen LogP contribution in [-0.2, 0) is 6.54 Å². The topological polar surface area (TPSA) is 105 Å². The minimum Gasteiger partial charge on any atom is -0.504 e. The number of nitriles is 1. The van der Waals surface area contributed by atoms with Crippen LogP contribution in [0.15, 0.2) is 48.7 Å². The van der Waals surface area contributed by atoms with Gasteiger partial charge in [-0.15, -0.1) is 0 Å². The van der Waals surface area contributed by atoms with Crippen LogP contribution in [0.3, 0.4) is 0 Å². The summed E-state index contributed by atoms with van der Waals surface area (Å²) < 4.78 is 26.6. The number of anilines is 1. The summed E-state index contributed by atoms with van der Waals surface area (Å²) in [6, 6.07) is 13.4. The zero-order valence-electron chi connectivity index (χ0n) is 17.5. The van der Waals surface area contributed by atoms with Gasteiger partial charge in [0.1, 0.15) is 11.9 Å². The Bertz CT molecular complexity index is 1330. The van der Waals surface area contributed by atoms with Crippen molar-refractivity contribution in [3.8, 4) is 34.6 Å². The van der Waals surface area contributed by atoms with Crippen molar-refractivity contribution in [2.24, 2.45) is 0 Å². The molecule has 4 rings (SSSR count). The van der Waals surface area contributed by atoms with Crippen LogP contribution in [0.2, 0.25) is 0 Å². The maximum atomic E-state index is 14.5. The SMILES string of the molecule is COc1cc(-c2ccnc(NCCn3c(C#N)c(OC)c4cccc(F)c43)n2)ccc1O. The molecule has 0 saturated heterocycles. The predicted molar refractivity (Wildman–Crippen MR) is 117 cm³/mol. The second-order valence-electron chi connectivity index (χ2n) is 6.86. The maximum absolute atomic E-state index is 14.5. The average molecular weight is 433 g/mol. The van der Waals surface area contributed by atoms with Crippen LogP contribution in [0.4, 0.5) is 10.3 Å². The number of phenolic OH excluding ortho intramolecular Hbond substituents is 1. The third-order valence-corrected chi connectivity index (χ3v) is 5.05. The van der Waals surface area contributed by atoms with Gasteiger partial charge in [-0.2, -0.15) is 5.26 Å². The number of aromatic hydroxyl groups is 1. The van der Waals surface area contributed by atoms with Crippen molar-refractivity contribution in [1.82, 2.24) is 14.5 Å². The van der Waals surface area contributed by atoms with E-state index in [4.69, 9.17) is 9.47 Å². The van der Waals surface area contributed by atoms with E-state index in [1.807, 2.05) is 0 Å². The summed E-state index contributed by atoms with van der Waals surface area (Å²) in [6.07, 6.45) is 1.61. The normalized spacial score (nSPS) is 10.7. The third kappa shape index (κ3) is 3.74. The van der Waals surface area contributed by atoms with E-state index >= 15 is 0 Å². The Labute approximate surface area is 183 Å². The van der Waals surface area contributed by atoms with Crippen LogP contribution in [0.5, 0.6) is 17.2 Å². The number of hydrogen-bond donors (Lipinski definition) is 2. The smallest absolute Gasteiger partial charge is 0.223 e. The summed E-state index contributed by atoms with van der Waals surface area (Å²) in [5.74, 6) is 0.675. The lowest BCUT2D eigenvalue weighted by molar-refractivity contribution is 0.373. The van der Waals surface area contributed by atoms with E-state index < -0.39 is 5.82 Å². The molecule has 2 N–H and O–H groups in total. The molecule has 0 radical (unpaired) electrons. The van der Waals surface area contributed by atoms with Gasteiger partial charge in [0.15, 0.2) is 22.9 Å². The molecular formula is C23H20FN5O3. The van der Waals surface area contributed by atoms with Gasteiger partial charge in [-0.1, -0.05) is 6.07 Å². The van der Waals surface area contributed by atoms with E-state index in [1.54, 1.807) is 41.1 Å². The zero-order valence-corrected chi connectivity index (χ0v) is 17.5. The first kappa shape index (κ1) is 20.9. The molecule has 162 valence electrons. The Kier molecular flexibility index (Phi) is 5.77. The van der Waals surface area contributed by atoms with Crippen LogP contribution in [0.25, 0.3) is 22.2 Å². The summed E-state index contributed by atoms with van der Waals surface area (Å²) in [5, 5.41) is 23.1. The lowest BCUT2D eigenvalue weighted by Crippen LogP contribution is -2.14. The molecule has 0 aliphatic rings. The first-order chi connectivity index (χ1) is 15.6. The average Bonchev–Trinajstić information content (AvgIpc) is 3.13. The van der Waals surface area contributed by atoms with E-state index in [0.717, 1.165) is 5.56 Å². The number of nitrogens with one attached hydrogen (secondary N) is 1. The molecule has 32 heavy (non-hydrogen) atoms. The minimum atomic E-state index is -0.429. The first-order valence-corrected chi connectivity index (χ1v) is 9.76. The van der Waals surface area contributed by atoms with Gasteiger partial charge in [0.05, 0.1) is 25.4 Å². The number of halogens is 1. The molecule has 0 atom stereocenters. The molecule has 0 aliphatic carbocycles. The molecule has 0 aliphatic heterocycles. The zero-order chi connectivity index (χ0) is 22.7. The van der Waals surface area contributed by atoms with Crippen LogP contribution in [0, 0.1) is 17.1 Å². The molecule has 0 spiro atoms. The molecule has 0 amide bonds. The van der Waals surface area contributed by atoms with E-state index in [2.05, 4.69) is 21.4 Å². The van der Waals surface area contributed by atoms with Crippen molar-refractivity contribution in [3.63, 3.8) is 0 Å². The van der Waals surface area contributed by atoms with E-state index in [-0.39, 0.29) is 11.4 Å².